The molecular formula is C90H176O17P2. The van der Waals surface area contributed by atoms with Crippen molar-refractivity contribution in [2.75, 3.05) is 39.6 Å². The summed E-state index contributed by atoms with van der Waals surface area (Å²) in [5, 5.41) is 10.7. The Morgan fingerprint density at radius 2 is 0.422 bits per heavy atom. The Balaban J connectivity index is 5.20. The number of rotatable bonds is 88. The monoisotopic (exact) mass is 1590 g/mol. The van der Waals surface area contributed by atoms with Crippen LogP contribution in [0.15, 0.2) is 0 Å². The van der Waals surface area contributed by atoms with Crippen LogP contribution in [0.3, 0.4) is 0 Å². The highest BCUT2D eigenvalue weighted by atomic mass is 31.2. The number of phosphoric ester groups is 2. The third-order valence-electron chi connectivity index (χ3n) is 21.1. The average molecular weight is 1590 g/mol. The van der Waals surface area contributed by atoms with Crippen molar-refractivity contribution in [1.82, 2.24) is 0 Å². The summed E-state index contributed by atoms with van der Waals surface area (Å²) >= 11 is 0. The van der Waals surface area contributed by atoms with Gasteiger partial charge in [-0.2, -0.15) is 0 Å². The van der Waals surface area contributed by atoms with Gasteiger partial charge in [-0.15, -0.1) is 0 Å². The minimum absolute atomic E-state index is 0.107. The lowest BCUT2D eigenvalue weighted by Gasteiger charge is -2.21. The SMILES string of the molecule is CCCCCCCCCCCCCCCCCCCCCCC(=O)OC[C@H](COP(=O)(O)OC[C@@H](O)COP(=O)(O)OC[C@@H](COC(=O)CCCCCCCCC(C)C)OC(=O)CCCCCCCCCCCCCCCCCCC(C)C)OC(=O)CCCCCCCCCCCCCCCCCCCCC(C)C. The molecule has 0 heterocycles. The van der Waals surface area contributed by atoms with E-state index in [1.54, 1.807) is 0 Å². The summed E-state index contributed by atoms with van der Waals surface area (Å²) in [6, 6.07) is 0. The number of esters is 4. The van der Waals surface area contributed by atoms with Gasteiger partial charge >= 0.3 is 39.5 Å². The smallest absolute Gasteiger partial charge is 0.462 e. The Kier molecular flexibility index (Phi) is 78.5. The molecule has 0 amide bonds. The van der Waals surface area contributed by atoms with Crippen LogP contribution in [0.25, 0.3) is 0 Å². The van der Waals surface area contributed by atoms with Gasteiger partial charge in [-0.3, -0.25) is 37.3 Å². The zero-order chi connectivity index (χ0) is 80.0. The third kappa shape index (κ3) is 83.8. The van der Waals surface area contributed by atoms with Gasteiger partial charge < -0.3 is 33.8 Å². The first kappa shape index (κ1) is 107. The first-order valence-electron chi connectivity index (χ1n) is 46.3. The van der Waals surface area contributed by atoms with E-state index >= 15 is 0 Å². The number of aliphatic hydroxyl groups is 1. The number of aliphatic hydroxyl groups excluding tert-OH is 1. The number of phosphoric acid groups is 2. The van der Waals surface area contributed by atoms with Crippen molar-refractivity contribution in [3.8, 4) is 0 Å². The second-order valence-electron chi connectivity index (χ2n) is 33.8. The van der Waals surface area contributed by atoms with E-state index in [1.807, 2.05) is 0 Å². The van der Waals surface area contributed by atoms with E-state index in [9.17, 15) is 43.2 Å². The molecule has 0 aliphatic carbocycles. The molecule has 0 aromatic heterocycles. The van der Waals surface area contributed by atoms with Crippen LogP contribution >= 0.6 is 15.6 Å². The fourth-order valence-corrected chi connectivity index (χ4v) is 15.7. The molecule has 5 atom stereocenters. The number of carbonyl (C=O) groups is 4. The lowest BCUT2D eigenvalue weighted by molar-refractivity contribution is -0.161. The quantitative estimate of drug-likeness (QED) is 0.0222. The summed E-state index contributed by atoms with van der Waals surface area (Å²) in [6.07, 6.45) is 72.6. The van der Waals surface area contributed by atoms with E-state index in [4.69, 9.17) is 37.0 Å². The standard InChI is InChI=1S/C90H176O17P2/c1-8-9-10-11-12-13-14-15-16-17-18-19-23-29-34-39-44-49-57-64-71-87(92)100-77-85(106-89(94)73-66-59-50-45-40-35-30-24-21-20-22-27-32-37-42-47-54-61-68-81(2)3)79-104-108(96,97)102-75-84(91)76-103-109(98,99)105-80-86(78-101-88(93)72-65-58-53-52-56-63-70-83(6)7)107-90(95)74-67-60-51-46-41-36-31-26-25-28-33-38-43-48-55-62-69-82(4)5/h81-86,91H,8-80H2,1-7H3,(H,96,97)(H,98,99)/t84-,85-,86-/m1/s1. The van der Waals surface area contributed by atoms with Crippen LogP contribution in [0.5, 0.6) is 0 Å². The molecular weight excluding hydrogens is 1410 g/mol. The molecule has 0 saturated heterocycles. The highest BCUT2D eigenvalue weighted by Gasteiger charge is 2.31. The molecule has 0 bridgehead atoms. The third-order valence-corrected chi connectivity index (χ3v) is 23.0. The normalized spacial score (nSPS) is 13.8. The highest BCUT2D eigenvalue weighted by molar-refractivity contribution is 7.47. The number of unbranched alkanes of at least 4 members (excludes halogenated alkanes) is 56. The second-order valence-corrected chi connectivity index (χ2v) is 36.7. The molecule has 109 heavy (non-hydrogen) atoms. The van der Waals surface area contributed by atoms with Crippen molar-refractivity contribution >= 4 is 39.5 Å². The minimum Gasteiger partial charge on any atom is -0.462 e. The molecule has 0 rings (SSSR count). The van der Waals surface area contributed by atoms with Crippen LogP contribution in [-0.2, 0) is 65.4 Å². The molecule has 2 unspecified atom stereocenters. The van der Waals surface area contributed by atoms with Gasteiger partial charge in [-0.05, 0) is 43.4 Å². The maximum absolute atomic E-state index is 13.2. The van der Waals surface area contributed by atoms with Gasteiger partial charge in [-0.1, -0.05) is 427 Å². The average Bonchev–Trinajstić information content (AvgIpc) is 0.900. The van der Waals surface area contributed by atoms with E-state index < -0.39 is 97.5 Å². The summed E-state index contributed by atoms with van der Waals surface area (Å²) in [4.78, 5) is 73.3. The van der Waals surface area contributed by atoms with E-state index in [0.29, 0.717) is 31.6 Å². The van der Waals surface area contributed by atoms with Crippen molar-refractivity contribution < 1.29 is 80.2 Å². The molecule has 0 aromatic carbocycles. The molecule has 0 radical (unpaired) electrons. The summed E-state index contributed by atoms with van der Waals surface area (Å²) < 4.78 is 69.0. The lowest BCUT2D eigenvalue weighted by Crippen LogP contribution is -2.30. The predicted octanol–water partition coefficient (Wildman–Crippen LogP) is 27.6. The number of hydrogen-bond donors (Lipinski definition) is 3. The maximum Gasteiger partial charge on any atom is 0.472 e. The highest BCUT2D eigenvalue weighted by Crippen LogP contribution is 2.45. The van der Waals surface area contributed by atoms with Crippen LogP contribution in [0, 0.1) is 17.8 Å². The molecule has 3 N–H and O–H groups in total. The summed E-state index contributed by atoms with van der Waals surface area (Å²) in [5.74, 6) is 0.206. The van der Waals surface area contributed by atoms with Gasteiger partial charge in [0.25, 0.3) is 0 Å². The number of carbonyl (C=O) groups excluding carboxylic acids is 4. The van der Waals surface area contributed by atoms with Crippen LogP contribution in [0.2, 0.25) is 0 Å². The zero-order valence-electron chi connectivity index (χ0n) is 72.0. The first-order chi connectivity index (χ1) is 52.7. The van der Waals surface area contributed by atoms with E-state index in [-0.39, 0.29) is 25.7 Å². The largest absolute Gasteiger partial charge is 0.472 e. The van der Waals surface area contributed by atoms with E-state index in [2.05, 4.69) is 48.5 Å². The molecule has 0 aliphatic rings. The summed E-state index contributed by atoms with van der Waals surface area (Å²) in [7, 11) is -9.93. The van der Waals surface area contributed by atoms with E-state index in [1.165, 1.54) is 283 Å². The van der Waals surface area contributed by atoms with Gasteiger partial charge in [0, 0.05) is 25.7 Å². The van der Waals surface area contributed by atoms with Crippen LogP contribution < -0.4 is 0 Å². The molecule has 19 heteroatoms. The van der Waals surface area contributed by atoms with Crippen molar-refractivity contribution in [2.24, 2.45) is 17.8 Å². The maximum atomic E-state index is 13.2. The van der Waals surface area contributed by atoms with Crippen molar-refractivity contribution in [2.45, 2.75) is 497 Å². The molecule has 0 aliphatic heterocycles. The Hall–Kier alpha value is -1.94. The molecule has 0 saturated carbocycles. The van der Waals surface area contributed by atoms with Gasteiger partial charge in [0.2, 0.25) is 0 Å². The number of hydrogen-bond acceptors (Lipinski definition) is 15. The minimum atomic E-state index is -4.97. The Morgan fingerprint density at radius 3 is 0.624 bits per heavy atom. The lowest BCUT2D eigenvalue weighted by atomic mass is 10.0. The Bertz CT molecular complexity index is 2100. The molecule has 17 nitrogen and oxygen atoms in total. The van der Waals surface area contributed by atoms with Crippen molar-refractivity contribution in [3.05, 3.63) is 0 Å². The van der Waals surface area contributed by atoms with E-state index in [0.717, 1.165) is 108 Å². The van der Waals surface area contributed by atoms with Gasteiger partial charge in [-0.25, -0.2) is 9.13 Å². The Morgan fingerprint density at radius 1 is 0.248 bits per heavy atom. The molecule has 0 spiro atoms. The van der Waals surface area contributed by atoms with Gasteiger partial charge in [0.1, 0.15) is 19.3 Å². The zero-order valence-corrected chi connectivity index (χ0v) is 73.8. The molecule has 0 aromatic rings. The fraction of sp³-hybridized carbons (Fsp3) is 0.956. The van der Waals surface area contributed by atoms with Crippen molar-refractivity contribution in [3.63, 3.8) is 0 Å². The van der Waals surface area contributed by atoms with Crippen LogP contribution in [0.1, 0.15) is 479 Å². The van der Waals surface area contributed by atoms with Crippen LogP contribution in [0.4, 0.5) is 0 Å². The fourth-order valence-electron chi connectivity index (χ4n) is 14.1. The summed E-state index contributed by atoms with van der Waals surface area (Å²) in [6.45, 7) is 12.0. The summed E-state index contributed by atoms with van der Waals surface area (Å²) in [5.41, 5.74) is 0. The topological polar surface area (TPSA) is 237 Å². The number of ether oxygens (including phenoxy) is 4. The van der Waals surface area contributed by atoms with Crippen molar-refractivity contribution in [1.29, 1.82) is 0 Å². The first-order valence-corrected chi connectivity index (χ1v) is 49.3. The van der Waals surface area contributed by atoms with Gasteiger partial charge in [0.15, 0.2) is 12.2 Å². The molecule has 0 fully saturated rings. The predicted molar refractivity (Wildman–Crippen MR) is 451 cm³/mol. The Labute approximate surface area is 670 Å². The van der Waals surface area contributed by atoms with Gasteiger partial charge in [0.05, 0.1) is 26.4 Å². The second kappa shape index (κ2) is 79.9. The van der Waals surface area contributed by atoms with Crippen LogP contribution in [-0.4, -0.2) is 96.7 Å². The molecule has 648 valence electrons.